The Kier molecular flexibility index (Phi) is 4.52. The molecule has 0 aliphatic heterocycles. The molecule has 0 saturated carbocycles. The molecule has 1 amide bonds. The Balaban J connectivity index is 2.34. The van der Waals surface area contributed by atoms with Gasteiger partial charge >= 0.3 is 0 Å². The molecule has 0 aliphatic carbocycles. The standard InChI is InChI=1S/C13H11ClN4O4/c1-2-9-13(17-11(14)10(16-9)12(15)19)22-8-5-3-7(4-6-8)18(20)21/h3-6H,2H2,1H3,(H2,15,19). The fraction of sp³-hybridized carbons (Fsp3) is 0.154. The van der Waals surface area contributed by atoms with Crippen LogP contribution in [-0.4, -0.2) is 20.8 Å². The highest BCUT2D eigenvalue weighted by Crippen LogP contribution is 2.27. The lowest BCUT2D eigenvalue weighted by atomic mass is 10.3. The SMILES string of the molecule is CCc1nc(C(N)=O)c(Cl)nc1Oc1ccc([N+](=O)[O-])cc1. The fourth-order valence-corrected chi connectivity index (χ4v) is 1.86. The molecule has 22 heavy (non-hydrogen) atoms. The van der Waals surface area contributed by atoms with E-state index in [0.29, 0.717) is 17.9 Å². The van der Waals surface area contributed by atoms with Crippen LogP contribution in [0.3, 0.4) is 0 Å². The van der Waals surface area contributed by atoms with Crippen molar-refractivity contribution in [1.82, 2.24) is 9.97 Å². The molecule has 1 aromatic carbocycles. The van der Waals surface area contributed by atoms with Gasteiger partial charge < -0.3 is 10.5 Å². The van der Waals surface area contributed by atoms with E-state index in [0.717, 1.165) is 0 Å². The second-order valence-corrected chi connectivity index (χ2v) is 4.54. The number of hydrogen-bond donors (Lipinski definition) is 1. The van der Waals surface area contributed by atoms with Gasteiger partial charge in [0.25, 0.3) is 11.6 Å². The van der Waals surface area contributed by atoms with Crippen molar-refractivity contribution in [3.05, 3.63) is 50.9 Å². The number of halogens is 1. The minimum absolute atomic E-state index is 0.0590. The molecule has 0 fully saturated rings. The number of primary amides is 1. The number of amides is 1. The summed E-state index contributed by atoms with van der Waals surface area (Å²) in [6.45, 7) is 1.80. The molecule has 0 bridgehead atoms. The van der Waals surface area contributed by atoms with Crippen LogP contribution in [0.15, 0.2) is 24.3 Å². The number of nitrogens with zero attached hydrogens (tertiary/aromatic N) is 3. The average Bonchev–Trinajstić information content (AvgIpc) is 2.47. The first kappa shape index (κ1) is 15.6. The van der Waals surface area contributed by atoms with Gasteiger partial charge in [0.15, 0.2) is 10.8 Å². The summed E-state index contributed by atoms with van der Waals surface area (Å²) in [6, 6.07) is 5.45. The van der Waals surface area contributed by atoms with Crippen molar-refractivity contribution < 1.29 is 14.5 Å². The zero-order valence-electron chi connectivity index (χ0n) is 11.4. The highest BCUT2D eigenvalue weighted by atomic mass is 35.5. The molecule has 1 aromatic heterocycles. The van der Waals surface area contributed by atoms with E-state index in [-0.39, 0.29) is 22.4 Å². The van der Waals surface area contributed by atoms with E-state index in [4.69, 9.17) is 22.1 Å². The number of ether oxygens (including phenoxy) is 1. The van der Waals surface area contributed by atoms with Crippen molar-refractivity contribution in [3.8, 4) is 11.6 Å². The number of carbonyl (C=O) groups excluding carboxylic acids is 1. The van der Waals surface area contributed by atoms with Crippen molar-refractivity contribution in [3.63, 3.8) is 0 Å². The molecule has 0 spiro atoms. The maximum absolute atomic E-state index is 11.2. The van der Waals surface area contributed by atoms with Gasteiger partial charge in [-0.1, -0.05) is 18.5 Å². The Morgan fingerprint density at radius 3 is 2.50 bits per heavy atom. The summed E-state index contributed by atoms with van der Waals surface area (Å²) < 4.78 is 5.52. The van der Waals surface area contributed by atoms with Gasteiger partial charge in [-0.25, -0.2) is 4.98 Å². The number of nitrogens with two attached hydrogens (primary N) is 1. The molecule has 0 unspecified atom stereocenters. The van der Waals surface area contributed by atoms with E-state index >= 15 is 0 Å². The monoisotopic (exact) mass is 322 g/mol. The third-order valence-corrected chi connectivity index (χ3v) is 2.98. The smallest absolute Gasteiger partial charge is 0.270 e. The van der Waals surface area contributed by atoms with Gasteiger partial charge in [-0.15, -0.1) is 0 Å². The third kappa shape index (κ3) is 3.29. The number of nitro benzene ring substituents is 1. The number of hydrogen-bond acceptors (Lipinski definition) is 6. The van der Waals surface area contributed by atoms with E-state index in [1.54, 1.807) is 6.92 Å². The summed E-state index contributed by atoms with van der Waals surface area (Å²) in [6.07, 6.45) is 0.437. The van der Waals surface area contributed by atoms with Crippen molar-refractivity contribution in [1.29, 1.82) is 0 Å². The molecule has 0 aliphatic rings. The topological polar surface area (TPSA) is 121 Å². The number of rotatable bonds is 5. The van der Waals surface area contributed by atoms with E-state index in [9.17, 15) is 14.9 Å². The van der Waals surface area contributed by atoms with Gasteiger partial charge in [0.1, 0.15) is 11.4 Å². The quantitative estimate of drug-likeness (QED) is 0.666. The molecular formula is C13H11ClN4O4. The molecule has 2 N–H and O–H groups in total. The largest absolute Gasteiger partial charge is 0.437 e. The summed E-state index contributed by atoms with van der Waals surface area (Å²) >= 11 is 5.84. The molecule has 0 saturated heterocycles. The van der Waals surface area contributed by atoms with Gasteiger partial charge in [-0.05, 0) is 18.6 Å². The molecule has 2 rings (SSSR count). The lowest BCUT2D eigenvalue weighted by Crippen LogP contribution is -2.16. The highest BCUT2D eigenvalue weighted by Gasteiger charge is 2.17. The molecule has 9 heteroatoms. The maximum atomic E-state index is 11.2. The predicted molar refractivity (Wildman–Crippen MR) is 78.1 cm³/mol. The number of aryl methyl sites for hydroxylation is 1. The van der Waals surface area contributed by atoms with Gasteiger partial charge in [-0.2, -0.15) is 4.98 Å². The van der Waals surface area contributed by atoms with Crippen molar-refractivity contribution in [2.75, 3.05) is 0 Å². The van der Waals surface area contributed by atoms with Crippen molar-refractivity contribution in [2.24, 2.45) is 5.73 Å². The van der Waals surface area contributed by atoms with Crippen LogP contribution in [0, 0.1) is 10.1 Å². The van der Waals surface area contributed by atoms with E-state index < -0.39 is 10.8 Å². The molecule has 2 aromatic rings. The van der Waals surface area contributed by atoms with Crippen LogP contribution in [0.25, 0.3) is 0 Å². The average molecular weight is 323 g/mol. The summed E-state index contributed by atoms with van der Waals surface area (Å²) in [7, 11) is 0. The van der Waals surface area contributed by atoms with Crippen LogP contribution in [0.4, 0.5) is 5.69 Å². The highest BCUT2D eigenvalue weighted by molar-refractivity contribution is 6.32. The fourth-order valence-electron chi connectivity index (χ4n) is 1.65. The molecule has 0 radical (unpaired) electrons. The lowest BCUT2D eigenvalue weighted by Gasteiger charge is -2.10. The predicted octanol–water partition coefficient (Wildman–Crippen LogP) is 2.49. The van der Waals surface area contributed by atoms with Crippen LogP contribution in [-0.2, 0) is 6.42 Å². The van der Waals surface area contributed by atoms with Crippen LogP contribution in [0.2, 0.25) is 5.15 Å². The Morgan fingerprint density at radius 2 is 2.00 bits per heavy atom. The zero-order chi connectivity index (χ0) is 16.3. The van der Waals surface area contributed by atoms with Crippen molar-refractivity contribution in [2.45, 2.75) is 13.3 Å². The second kappa shape index (κ2) is 6.35. The van der Waals surface area contributed by atoms with Crippen LogP contribution < -0.4 is 10.5 Å². The minimum Gasteiger partial charge on any atom is -0.437 e. The van der Waals surface area contributed by atoms with Gasteiger partial charge in [0.05, 0.1) is 4.92 Å². The first-order valence-corrected chi connectivity index (χ1v) is 6.58. The molecule has 114 valence electrons. The summed E-state index contributed by atoms with van der Waals surface area (Å²) in [5, 5.41) is 10.4. The number of nitro groups is 1. The Labute approximate surface area is 130 Å². The van der Waals surface area contributed by atoms with Crippen LogP contribution in [0.1, 0.15) is 23.1 Å². The Morgan fingerprint density at radius 1 is 1.36 bits per heavy atom. The third-order valence-electron chi connectivity index (χ3n) is 2.72. The van der Waals surface area contributed by atoms with E-state index in [2.05, 4.69) is 9.97 Å². The second-order valence-electron chi connectivity index (χ2n) is 4.19. The van der Waals surface area contributed by atoms with E-state index in [1.807, 2.05) is 0 Å². The number of non-ortho nitro benzene ring substituents is 1. The number of carbonyl (C=O) groups is 1. The zero-order valence-corrected chi connectivity index (χ0v) is 12.2. The Bertz CT molecular complexity index is 734. The van der Waals surface area contributed by atoms with Crippen LogP contribution in [0.5, 0.6) is 11.6 Å². The van der Waals surface area contributed by atoms with Gasteiger partial charge in [-0.3, -0.25) is 14.9 Å². The number of benzene rings is 1. The maximum Gasteiger partial charge on any atom is 0.270 e. The van der Waals surface area contributed by atoms with Crippen molar-refractivity contribution >= 4 is 23.2 Å². The summed E-state index contributed by atoms with van der Waals surface area (Å²) in [5.74, 6) is -0.335. The molecular weight excluding hydrogens is 312 g/mol. The Hall–Kier alpha value is -2.74. The van der Waals surface area contributed by atoms with E-state index in [1.165, 1.54) is 24.3 Å². The minimum atomic E-state index is -0.783. The van der Waals surface area contributed by atoms with Gasteiger partial charge in [0.2, 0.25) is 5.88 Å². The summed E-state index contributed by atoms with van der Waals surface area (Å²) in [4.78, 5) is 29.3. The molecule has 1 heterocycles. The van der Waals surface area contributed by atoms with Crippen LogP contribution >= 0.6 is 11.6 Å². The molecule has 8 nitrogen and oxygen atoms in total. The first-order valence-electron chi connectivity index (χ1n) is 6.21. The number of aromatic nitrogens is 2. The van der Waals surface area contributed by atoms with Gasteiger partial charge in [0, 0.05) is 12.1 Å². The molecule has 0 atom stereocenters. The normalized spacial score (nSPS) is 10.3. The summed E-state index contributed by atoms with van der Waals surface area (Å²) in [5.41, 5.74) is 5.37. The first-order chi connectivity index (χ1) is 10.4. The lowest BCUT2D eigenvalue weighted by molar-refractivity contribution is -0.384.